The Kier molecular flexibility index (Phi) is 4.42. The van der Waals surface area contributed by atoms with E-state index < -0.39 is 0 Å². The molecule has 1 aliphatic carbocycles. The molecule has 2 nitrogen and oxygen atoms in total. The smallest absolute Gasteiger partial charge is 0.0983 e. The van der Waals surface area contributed by atoms with Crippen LogP contribution in [-0.4, -0.2) is 19.7 Å². The van der Waals surface area contributed by atoms with Gasteiger partial charge in [0.2, 0.25) is 0 Å². The number of hydrogen-bond acceptors (Lipinski definition) is 2. The summed E-state index contributed by atoms with van der Waals surface area (Å²) in [5, 5.41) is 3.57. The molecule has 110 valence electrons. The van der Waals surface area contributed by atoms with Crippen molar-refractivity contribution in [3.8, 4) is 0 Å². The zero-order valence-corrected chi connectivity index (χ0v) is 12.8. The summed E-state index contributed by atoms with van der Waals surface area (Å²) >= 11 is 0. The number of ether oxygens (including phenoxy) is 1. The Hall–Kier alpha value is -0.860. The highest BCUT2D eigenvalue weighted by molar-refractivity contribution is 5.32. The van der Waals surface area contributed by atoms with Crippen LogP contribution in [0.5, 0.6) is 0 Å². The van der Waals surface area contributed by atoms with Crippen molar-refractivity contribution in [2.24, 2.45) is 11.8 Å². The van der Waals surface area contributed by atoms with Crippen LogP contribution in [0.25, 0.3) is 0 Å². The van der Waals surface area contributed by atoms with Crippen LogP contribution in [0.15, 0.2) is 24.3 Å². The molecule has 2 heteroatoms. The lowest BCUT2D eigenvalue weighted by molar-refractivity contribution is -0.00516. The van der Waals surface area contributed by atoms with Crippen molar-refractivity contribution in [1.29, 1.82) is 0 Å². The molecule has 20 heavy (non-hydrogen) atoms. The maximum absolute atomic E-state index is 6.18. The Labute approximate surface area is 122 Å². The molecule has 2 unspecified atom stereocenters. The summed E-state index contributed by atoms with van der Waals surface area (Å²) in [6.07, 6.45) is 6.73. The first-order chi connectivity index (χ1) is 9.79. The van der Waals surface area contributed by atoms with Crippen molar-refractivity contribution in [2.75, 3.05) is 13.7 Å². The van der Waals surface area contributed by atoms with Crippen molar-refractivity contribution in [1.82, 2.24) is 5.32 Å². The molecule has 1 aromatic rings. The fourth-order valence-electron chi connectivity index (χ4n) is 4.00. The van der Waals surface area contributed by atoms with Gasteiger partial charge in [-0.25, -0.2) is 0 Å². The topological polar surface area (TPSA) is 21.3 Å². The fraction of sp³-hybridized carbons (Fsp3) is 0.667. The lowest BCUT2D eigenvalue weighted by Crippen LogP contribution is -2.43. The van der Waals surface area contributed by atoms with Gasteiger partial charge in [-0.05, 0) is 49.3 Å². The molecular formula is C18H27NO. The van der Waals surface area contributed by atoms with Crippen LogP contribution < -0.4 is 5.32 Å². The van der Waals surface area contributed by atoms with Crippen LogP contribution in [-0.2, 0) is 11.2 Å². The lowest BCUT2D eigenvalue weighted by atomic mass is 9.76. The van der Waals surface area contributed by atoms with Gasteiger partial charge in [0.25, 0.3) is 0 Å². The molecule has 2 aliphatic rings. The van der Waals surface area contributed by atoms with E-state index in [1.54, 1.807) is 0 Å². The Bertz CT molecular complexity index is 437. The lowest BCUT2D eigenvalue weighted by Gasteiger charge is -2.39. The standard InChI is InChI=1S/C18H27NO/c1-13-7-9-15(10-8-13)17(19-2)18-16-6-4-3-5-14(16)11-12-20-18/h3-6,13,15,17-19H,7-12H2,1-2H3. The van der Waals surface area contributed by atoms with Crippen LogP contribution >= 0.6 is 0 Å². The molecule has 0 spiro atoms. The summed E-state index contributed by atoms with van der Waals surface area (Å²) in [5.41, 5.74) is 2.89. The van der Waals surface area contributed by atoms with Crippen molar-refractivity contribution in [2.45, 2.75) is 51.2 Å². The van der Waals surface area contributed by atoms with Crippen LogP contribution in [0.1, 0.15) is 49.8 Å². The molecule has 1 aromatic carbocycles. The Morgan fingerprint density at radius 1 is 1.15 bits per heavy atom. The maximum atomic E-state index is 6.18. The molecule has 1 heterocycles. The third-order valence-electron chi connectivity index (χ3n) is 5.26. The summed E-state index contributed by atoms with van der Waals surface area (Å²) in [6, 6.07) is 9.28. The molecule has 1 aliphatic heterocycles. The number of likely N-dealkylation sites (N-methyl/N-ethyl adjacent to an activating group) is 1. The second-order valence-corrected chi connectivity index (χ2v) is 6.57. The Balaban J connectivity index is 1.80. The van der Waals surface area contributed by atoms with Gasteiger partial charge in [-0.2, -0.15) is 0 Å². The van der Waals surface area contributed by atoms with E-state index in [9.17, 15) is 0 Å². The van der Waals surface area contributed by atoms with Crippen molar-refractivity contribution >= 4 is 0 Å². The summed E-state index contributed by atoms with van der Waals surface area (Å²) in [4.78, 5) is 0. The molecule has 0 bridgehead atoms. The van der Waals surface area contributed by atoms with E-state index in [2.05, 4.69) is 43.6 Å². The third kappa shape index (κ3) is 2.77. The second-order valence-electron chi connectivity index (χ2n) is 6.57. The average molecular weight is 273 g/mol. The maximum Gasteiger partial charge on any atom is 0.0983 e. The average Bonchev–Trinajstić information content (AvgIpc) is 2.50. The highest BCUT2D eigenvalue weighted by atomic mass is 16.5. The first-order valence-electron chi connectivity index (χ1n) is 8.16. The number of nitrogens with one attached hydrogen (secondary N) is 1. The molecule has 0 aromatic heterocycles. The fourth-order valence-corrected chi connectivity index (χ4v) is 4.00. The zero-order valence-electron chi connectivity index (χ0n) is 12.8. The van der Waals surface area contributed by atoms with E-state index in [0.29, 0.717) is 6.04 Å². The van der Waals surface area contributed by atoms with E-state index in [1.165, 1.54) is 36.8 Å². The Morgan fingerprint density at radius 2 is 1.90 bits per heavy atom. The Morgan fingerprint density at radius 3 is 2.65 bits per heavy atom. The number of rotatable bonds is 3. The number of benzene rings is 1. The molecule has 1 fully saturated rings. The minimum atomic E-state index is 0.239. The van der Waals surface area contributed by atoms with Gasteiger partial charge in [0.15, 0.2) is 0 Å². The van der Waals surface area contributed by atoms with Gasteiger partial charge in [-0.1, -0.05) is 44.0 Å². The zero-order chi connectivity index (χ0) is 13.9. The first kappa shape index (κ1) is 14.1. The van der Waals surface area contributed by atoms with E-state index >= 15 is 0 Å². The van der Waals surface area contributed by atoms with Gasteiger partial charge in [0.1, 0.15) is 0 Å². The van der Waals surface area contributed by atoms with Gasteiger partial charge in [-0.15, -0.1) is 0 Å². The molecular weight excluding hydrogens is 246 g/mol. The monoisotopic (exact) mass is 273 g/mol. The SMILES string of the molecule is CNC(C1CCC(C)CC1)C1OCCc2ccccc21. The third-order valence-corrected chi connectivity index (χ3v) is 5.26. The van der Waals surface area contributed by atoms with Crippen LogP contribution in [0.2, 0.25) is 0 Å². The van der Waals surface area contributed by atoms with Crippen LogP contribution in [0.4, 0.5) is 0 Å². The normalized spacial score (nSPS) is 31.6. The minimum Gasteiger partial charge on any atom is -0.372 e. The molecule has 1 N–H and O–H groups in total. The van der Waals surface area contributed by atoms with Gasteiger partial charge in [-0.3, -0.25) is 0 Å². The molecule has 0 amide bonds. The summed E-state index contributed by atoms with van der Waals surface area (Å²) in [5.74, 6) is 1.66. The van der Waals surface area contributed by atoms with Crippen molar-refractivity contribution < 1.29 is 4.74 Å². The largest absolute Gasteiger partial charge is 0.372 e. The van der Waals surface area contributed by atoms with Gasteiger partial charge in [0.05, 0.1) is 12.7 Å². The molecule has 0 saturated heterocycles. The highest BCUT2D eigenvalue weighted by Crippen LogP contribution is 2.38. The van der Waals surface area contributed by atoms with E-state index in [4.69, 9.17) is 4.74 Å². The molecule has 2 atom stereocenters. The van der Waals surface area contributed by atoms with Crippen LogP contribution in [0, 0.1) is 11.8 Å². The quantitative estimate of drug-likeness (QED) is 0.906. The van der Waals surface area contributed by atoms with E-state index in [1.807, 2.05) is 0 Å². The summed E-state index contributed by atoms with van der Waals surface area (Å²) in [7, 11) is 2.10. The van der Waals surface area contributed by atoms with Gasteiger partial charge < -0.3 is 10.1 Å². The van der Waals surface area contributed by atoms with E-state index in [0.717, 1.165) is 24.9 Å². The van der Waals surface area contributed by atoms with Crippen molar-refractivity contribution in [3.63, 3.8) is 0 Å². The van der Waals surface area contributed by atoms with Gasteiger partial charge in [0, 0.05) is 6.04 Å². The highest BCUT2D eigenvalue weighted by Gasteiger charge is 2.34. The van der Waals surface area contributed by atoms with Crippen molar-refractivity contribution in [3.05, 3.63) is 35.4 Å². The minimum absolute atomic E-state index is 0.239. The predicted octanol–water partition coefficient (Wildman–Crippen LogP) is 3.71. The van der Waals surface area contributed by atoms with Gasteiger partial charge >= 0.3 is 0 Å². The molecule has 1 saturated carbocycles. The molecule has 0 radical (unpaired) electrons. The molecule has 3 rings (SSSR count). The summed E-state index contributed by atoms with van der Waals surface area (Å²) in [6.45, 7) is 3.25. The van der Waals surface area contributed by atoms with E-state index in [-0.39, 0.29) is 6.10 Å². The predicted molar refractivity (Wildman–Crippen MR) is 82.8 cm³/mol. The number of fused-ring (bicyclic) bond motifs is 1. The first-order valence-corrected chi connectivity index (χ1v) is 8.16. The summed E-state index contributed by atoms with van der Waals surface area (Å²) < 4.78 is 6.18. The second kappa shape index (κ2) is 6.28. The number of hydrogen-bond donors (Lipinski definition) is 1. The van der Waals surface area contributed by atoms with Crippen LogP contribution in [0.3, 0.4) is 0 Å².